The van der Waals surface area contributed by atoms with Gasteiger partial charge in [-0.15, -0.1) is 24.0 Å². The van der Waals surface area contributed by atoms with Crippen LogP contribution in [-0.2, 0) is 4.74 Å². The Kier molecular flexibility index (Phi) is 9.89. The van der Waals surface area contributed by atoms with E-state index in [0.29, 0.717) is 13.2 Å². The van der Waals surface area contributed by atoms with Gasteiger partial charge >= 0.3 is 0 Å². The monoisotopic (exact) mass is 513 g/mol. The van der Waals surface area contributed by atoms with E-state index in [1.165, 1.54) is 0 Å². The number of nitrogens with one attached hydrogen (secondary N) is 3. The fourth-order valence-corrected chi connectivity index (χ4v) is 3.41. The molecule has 29 heavy (non-hydrogen) atoms. The van der Waals surface area contributed by atoms with E-state index in [-0.39, 0.29) is 36.0 Å². The number of aromatic nitrogens is 1. The summed E-state index contributed by atoms with van der Waals surface area (Å²) in [6, 6.07) is 12.2. The molecule has 1 aliphatic rings. The van der Waals surface area contributed by atoms with Crippen LogP contribution in [0.3, 0.4) is 0 Å². The number of aliphatic hydroxyl groups excluding tert-OH is 1. The first-order valence-electron chi connectivity index (χ1n) is 10.1. The number of fused-ring (bicyclic) bond motifs is 1. The van der Waals surface area contributed by atoms with Crippen LogP contribution < -0.4 is 16.0 Å². The first-order chi connectivity index (χ1) is 13.7. The summed E-state index contributed by atoms with van der Waals surface area (Å²) in [5.74, 6) is 1.66. The molecule has 0 amide bonds. The molecule has 1 fully saturated rings. The molecule has 1 atom stereocenters. The van der Waals surface area contributed by atoms with Gasteiger partial charge in [0.15, 0.2) is 5.96 Å². The van der Waals surface area contributed by atoms with Crippen LogP contribution >= 0.6 is 24.0 Å². The lowest BCUT2D eigenvalue weighted by atomic mass is 9.84. The highest BCUT2D eigenvalue weighted by molar-refractivity contribution is 14.0. The molecular formula is C21H32IN5O2. The van der Waals surface area contributed by atoms with Gasteiger partial charge in [0.1, 0.15) is 5.82 Å². The molecule has 2 heterocycles. The molecule has 1 unspecified atom stereocenters. The smallest absolute Gasteiger partial charge is 0.191 e. The first-order valence-corrected chi connectivity index (χ1v) is 10.1. The molecule has 8 heteroatoms. The van der Waals surface area contributed by atoms with Gasteiger partial charge in [0.2, 0.25) is 0 Å². The van der Waals surface area contributed by atoms with Gasteiger partial charge in [0.25, 0.3) is 0 Å². The van der Waals surface area contributed by atoms with Crippen molar-refractivity contribution in [3.05, 3.63) is 36.4 Å². The van der Waals surface area contributed by atoms with Gasteiger partial charge in [-0.25, -0.2) is 4.98 Å². The van der Waals surface area contributed by atoms with Crippen molar-refractivity contribution in [1.29, 1.82) is 0 Å². The van der Waals surface area contributed by atoms with Crippen LogP contribution in [0.25, 0.3) is 10.9 Å². The average molecular weight is 513 g/mol. The normalized spacial score (nSPS) is 19.0. The molecule has 1 aromatic heterocycles. The number of hydrogen-bond donors (Lipinski definition) is 4. The van der Waals surface area contributed by atoms with E-state index in [1.807, 2.05) is 24.3 Å². The quantitative estimate of drug-likeness (QED) is 0.179. The lowest BCUT2D eigenvalue weighted by Crippen LogP contribution is -2.40. The molecule has 0 bridgehead atoms. The Bertz CT molecular complexity index is 781. The molecular weight excluding hydrogens is 481 g/mol. The second-order valence-electron chi connectivity index (χ2n) is 7.21. The minimum atomic E-state index is -0.0373. The number of pyridine rings is 1. The number of para-hydroxylation sites is 1. The summed E-state index contributed by atoms with van der Waals surface area (Å²) in [5.41, 5.74) is 0.952. The van der Waals surface area contributed by atoms with Gasteiger partial charge in [-0.05, 0) is 38.0 Å². The standard InChI is InChI=1S/C21H31N5O2.HI/c1-2-22-20(25-15-21(9-13-27)10-14-28-16-21)24-12-11-23-19-8-7-17-5-3-4-6-18(17)26-19;/h3-8,27H,2,9-16H2,1H3,(H,23,26)(H2,22,24,25);1H. The first kappa shape index (κ1) is 23.6. The molecule has 7 nitrogen and oxygen atoms in total. The molecule has 0 radical (unpaired) electrons. The Morgan fingerprint density at radius 3 is 2.83 bits per heavy atom. The molecule has 4 N–H and O–H groups in total. The number of hydrogen-bond acceptors (Lipinski definition) is 5. The maximum atomic E-state index is 9.36. The van der Waals surface area contributed by atoms with E-state index in [9.17, 15) is 5.11 Å². The van der Waals surface area contributed by atoms with Gasteiger partial charge in [0, 0.05) is 43.6 Å². The van der Waals surface area contributed by atoms with Crippen molar-refractivity contribution in [2.45, 2.75) is 19.8 Å². The third-order valence-corrected chi connectivity index (χ3v) is 5.07. The maximum absolute atomic E-state index is 9.36. The molecule has 3 rings (SSSR count). The molecule has 1 aromatic carbocycles. The summed E-state index contributed by atoms with van der Waals surface area (Å²) < 4.78 is 5.55. The number of nitrogens with zero attached hydrogens (tertiary/aromatic N) is 2. The summed E-state index contributed by atoms with van der Waals surface area (Å²) in [6.07, 6.45) is 1.68. The summed E-state index contributed by atoms with van der Waals surface area (Å²) in [7, 11) is 0. The van der Waals surface area contributed by atoms with Crippen LogP contribution in [0, 0.1) is 5.41 Å². The van der Waals surface area contributed by atoms with E-state index in [1.54, 1.807) is 0 Å². The summed E-state index contributed by atoms with van der Waals surface area (Å²) >= 11 is 0. The zero-order chi connectivity index (χ0) is 19.7. The molecule has 0 spiro atoms. The Hall–Kier alpha value is -1.65. The Balaban J connectivity index is 0.00000300. The number of halogens is 1. The highest BCUT2D eigenvalue weighted by Gasteiger charge is 2.34. The largest absolute Gasteiger partial charge is 0.396 e. The third kappa shape index (κ3) is 6.97. The fraction of sp³-hybridized carbons (Fsp3) is 0.524. The van der Waals surface area contributed by atoms with E-state index < -0.39 is 0 Å². The summed E-state index contributed by atoms with van der Waals surface area (Å²) in [5, 5.41) is 20.5. The highest BCUT2D eigenvalue weighted by atomic mass is 127. The number of guanidine groups is 1. The lowest BCUT2D eigenvalue weighted by Gasteiger charge is -2.24. The minimum Gasteiger partial charge on any atom is -0.396 e. The van der Waals surface area contributed by atoms with E-state index in [2.05, 4.69) is 40.0 Å². The molecule has 0 saturated carbocycles. The number of anilines is 1. The van der Waals surface area contributed by atoms with Crippen molar-refractivity contribution in [1.82, 2.24) is 15.6 Å². The highest BCUT2D eigenvalue weighted by Crippen LogP contribution is 2.32. The number of rotatable bonds is 9. The predicted octanol–water partition coefficient (Wildman–Crippen LogP) is 2.61. The SMILES string of the molecule is CCNC(=NCC1(CCO)CCOC1)NCCNc1ccc2ccccc2n1.I. The van der Waals surface area contributed by atoms with Crippen LogP contribution in [0.4, 0.5) is 5.82 Å². The van der Waals surface area contributed by atoms with Crippen molar-refractivity contribution in [3.8, 4) is 0 Å². The molecule has 1 saturated heterocycles. The van der Waals surface area contributed by atoms with Gasteiger partial charge < -0.3 is 25.8 Å². The second-order valence-corrected chi connectivity index (χ2v) is 7.21. The fourth-order valence-electron chi connectivity index (χ4n) is 3.41. The van der Waals surface area contributed by atoms with Gasteiger partial charge in [-0.3, -0.25) is 4.99 Å². The number of aliphatic imine (C=N–C) groups is 1. The molecule has 1 aliphatic heterocycles. The van der Waals surface area contributed by atoms with Crippen LogP contribution in [0.5, 0.6) is 0 Å². The Morgan fingerprint density at radius 1 is 1.21 bits per heavy atom. The minimum absolute atomic E-state index is 0. The molecule has 160 valence electrons. The third-order valence-electron chi connectivity index (χ3n) is 5.07. The Morgan fingerprint density at radius 2 is 2.07 bits per heavy atom. The average Bonchev–Trinajstić information content (AvgIpc) is 3.18. The van der Waals surface area contributed by atoms with Crippen molar-refractivity contribution in [2.24, 2.45) is 10.4 Å². The zero-order valence-corrected chi connectivity index (χ0v) is 19.3. The number of ether oxygens (including phenoxy) is 1. The van der Waals surface area contributed by atoms with Crippen molar-refractivity contribution in [3.63, 3.8) is 0 Å². The van der Waals surface area contributed by atoms with Crippen LogP contribution in [0.1, 0.15) is 19.8 Å². The van der Waals surface area contributed by atoms with Gasteiger partial charge in [-0.1, -0.05) is 18.2 Å². The zero-order valence-electron chi connectivity index (χ0n) is 17.0. The van der Waals surface area contributed by atoms with Crippen molar-refractivity contribution in [2.75, 3.05) is 51.3 Å². The van der Waals surface area contributed by atoms with Crippen LogP contribution in [0.2, 0.25) is 0 Å². The second kappa shape index (κ2) is 12.1. The van der Waals surface area contributed by atoms with Crippen molar-refractivity contribution >= 4 is 46.7 Å². The molecule has 0 aliphatic carbocycles. The van der Waals surface area contributed by atoms with E-state index in [0.717, 1.165) is 61.8 Å². The topological polar surface area (TPSA) is 90.8 Å². The molecule has 2 aromatic rings. The number of benzene rings is 1. The summed E-state index contributed by atoms with van der Waals surface area (Å²) in [4.78, 5) is 9.36. The van der Waals surface area contributed by atoms with E-state index in [4.69, 9.17) is 9.73 Å². The lowest BCUT2D eigenvalue weighted by molar-refractivity contribution is 0.131. The van der Waals surface area contributed by atoms with Crippen molar-refractivity contribution < 1.29 is 9.84 Å². The van der Waals surface area contributed by atoms with Gasteiger partial charge in [-0.2, -0.15) is 0 Å². The summed E-state index contributed by atoms with van der Waals surface area (Å²) in [6.45, 7) is 6.57. The van der Waals surface area contributed by atoms with Crippen LogP contribution in [0.15, 0.2) is 41.4 Å². The maximum Gasteiger partial charge on any atom is 0.191 e. The van der Waals surface area contributed by atoms with E-state index >= 15 is 0 Å². The Labute approximate surface area is 189 Å². The number of aliphatic hydroxyl groups is 1. The van der Waals surface area contributed by atoms with Crippen LogP contribution in [-0.4, -0.2) is 62.0 Å². The predicted molar refractivity (Wildman–Crippen MR) is 129 cm³/mol. The van der Waals surface area contributed by atoms with Gasteiger partial charge in [0.05, 0.1) is 18.7 Å².